The van der Waals surface area contributed by atoms with Crippen molar-refractivity contribution in [1.29, 1.82) is 0 Å². The molecule has 4 rings (SSSR count). The van der Waals surface area contributed by atoms with E-state index < -0.39 is 15.9 Å². The summed E-state index contributed by atoms with van der Waals surface area (Å²) in [6.07, 6.45) is 5.09. The Morgan fingerprint density at radius 3 is 2.82 bits per heavy atom. The summed E-state index contributed by atoms with van der Waals surface area (Å²) >= 11 is 0. The Kier molecular flexibility index (Phi) is 7.38. The third-order valence-corrected chi connectivity index (χ3v) is 7.92. The number of hydrogen-bond donors (Lipinski definition) is 2. The Balaban J connectivity index is 1.40. The van der Waals surface area contributed by atoms with Crippen LogP contribution in [0.5, 0.6) is 0 Å². The fraction of sp³-hybridized carbons (Fsp3) is 0.522. The van der Waals surface area contributed by atoms with Crippen molar-refractivity contribution in [2.24, 2.45) is 5.92 Å². The molecule has 1 fully saturated rings. The van der Waals surface area contributed by atoms with E-state index in [0.29, 0.717) is 17.2 Å². The molecule has 2 aromatic rings. The molecule has 1 saturated heterocycles. The van der Waals surface area contributed by atoms with Crippen molar-refractivity contribution in [2.75, 3.05) is 32.1 Å². The highest BCUT2D eigenvalue weighted by Gasteiger charge is 2.26. The first-order chi connectivity index (χ1) is 15.9. The molecule has 10 heteroatoms. The van der Waals surface area contributed by atoms with Crippen LogP contribution in [-0.4, -0.2) is 66.4 Å². The predicted octanol–water partition coefficient (Wildman–Crippen LogP) is 1.48. The van der Waals surface area contributed by atoms with Crippen molar-refractivity contribution >= 4 is 15.7 Å². The number of carbonyl (C=O) groups is 1. The van der Waals surface area contributed by atoms with Gasteiger partial charge >= 0.3 is 0 Å². The molecule has 4 heterocycles. The molecule has 2 N–H and O–H groups in total. The zero-order chi connectivity index (χ0) is 23.4. The van der Waals surface area contributed by atoms with Gasteiger partial charge in [0.2, 0.25) is 0 Å². The molecule has 2 aliphatic heterocycles. The predicted molar refractivity (Wildman–Crippen MR) is 121 cm³/mol. The van der Waals surface area contributed by atoms with Crippen LogP contribution in [0.1, 0.15) is 53.1 Å². The van der Waals surface area contributed by atoms with E-state index in [-0.39, 0.29) is 23.2 Å². The van der Waals surface area contributed by atoms with Gasteiger partial charge in [-0.25, -0.2) is 8.42 Å². The lowest BCUT2D eigenvalue weighted by atomic mass is 10.0. The second kappa shape index (κ2) is 10.3. The minimum Gasteiger partial charge on any atom is -0.394 e. The average molecular weight is 475 g/mol. The number of carbonyl (C=O) groups excluding carboxylic acids is 1. The first kappa shape index (κ1) is 23.7. The van der Waals surface area contributed by atoms with Crippen molar-refractivity contribution in [3.8, 4) is 0 Å². The van der Waals surface area contributed by atoms with Crippen molar-refractivity contribution in [2.45, 2.75) is 43.8 Å². The van der Waals surface area contributed by atoms with E-state index in [1.165, 1.54) is 24.8 Å². The molecule has 0 aromatic carbocycles. The van der Waals surface area contributed by atoms with Gasteiger partial charge in [0.05, 0.1) is 46.9 Å². The van der Waals surface area contributed by atoms with E-state index in [4.69, 9.17) is 4.74 Å². The van der Waals surface area contributed by atoms with Crippen LogP contribution in [-0.2, 0) is 27.7 Å². The maximum atomic E-state index is 12.8. The summed E-state index contributed by atoms with van der Waals surface area (Å²) in [6.45, 7) is 5.32. The molecule has 33 heavy (non-hydrogen) atoms. The van der Waals surface area contributed by atoms with E-state index in [9.17, 15) is 18.3 Å². The van der Waals surface area contributed by atoms with Crippen LogP contribution >= 0.6 is 0 Å². The fourth-order valence-corrected chi connectivity index (χ4v) is 5.12. The minimum atomic E-state index is -3.37. The third-order valence-electron chi connectivity index (χ3n) is 6.20. The zero-order valence-corrected chi connectivity index (χ0v) is 19.6. The van der Waals surface area contributed by atoms with Crippen molar-refractivity contribution in [3.05, 3.63) is 53.1 Å². The second-order valence-electron chi connectivity index (χ2n) is 8.61. The maximum absolute atomic E-state index is 12.8. The van der Waals surface area contributed by atoms with Gasteiger partial charge in [-0.05, 0) is 42.5 Å². The van der Waals surface area contributed by atoms with E-state index in [2.05, 4.69) is 20.2 Å². The molecule has 1 amide bonds. The molecule has 9 nitrogen and oxygen atoms in total. The summed E-state index contributed by atoms with van der Waals surface area (Å²) in [5.41, 5.74) is 2.82. The minimum absolute atomic E-state index is 0.0224. The topological polar surface area (TPSA) is 122 Å². The number of aliphatic hydroxyl groups excluding tert-OH is 1. The summed E-state index contributed by atoms with van der Waals surface area (Å²) in [5.74, 6) is 0.147. The highest BCUT2D eigenvalue weighted by molar-refractivity contribution is 7.91. The highest BCUT2D eigenvalue weighted by Crippen LogP contribution is 2.25. The summed E-state index contributed by atoms with van der Waals surface area (Å²) < 4.78 is 29.5. The van der Waals surface area contributed by atoms with Crippen molar-refractivity contribution in [3.63, 3.8) is 0 Å². The molecular weight excluding hydrogens is 444 g/mol. The smallest absolute Gasteiger partial charge is 0.253 e. The van der Waals surface area contributed by atoms with Gasteiger partial charge in [0.15, 0.2) is 9.84 Å². The van der Waals surface area contributed by atoms with E-state index in [1.54, 1.807) is 13.1 Å². The van der Waals surface area contributed by atoms with Gasteiger partial charge in [0.1, 0.15) is 0 Å². The van der Waals surface area contributed by atoms with Crippen LogP contribution < -0.4 is 5.32 Å². The number of aromatic nitrogens is 2. The van der Waals surface area contributed by atoms with E-state index in [0.717, 1.165) is 50.5 Å². The standard InChI is InChI=1S/C23H30N4O5S/c1-2-33(30,31)19-5-6-20(25-10-19)22(14-28)26-23(29)17-8-18-12-27(13-21(18)24-9-17)11-16-4-3-7-32-15-16/h5-6,8-10,16,22,28H,2-4,7,11-15H2,1H3,(H,26,29)/t16-,22+/m1/s1. The molecule has 0 spiro atoms. The first-order valence-electron chi connectivity index (χ1n) is 11.3. The molecule has 0 bridgehead atoms. The van der Waals surface area contributed by atoms with Crippen molar-refractivity contribution in [1.82, 2.24) is 20.2 Å². The normalized spacial score (nSPS) is 19.8. The highest BCUT2D eigenvalue weighted by atomic mass is 32.2. The first-order valence-corrected chi connectivity index (χ1v) is 12.9. The van der Waals surface area contributed by atoms with Gasteiger partial charge < -0.3 is 15.2 Å². The van der Waals surface area contributed by atoms with Gasteiger partial charge in [-0.2, -0.15) is 0 Å². The molecule has 0 saturated carbocycles. The van der Waals surface area contributed by atoms with Crippen LogP contribution in [0.4, 0.5) is 0 Å². The number of rotatable bonds is 8. The molecule has 2 aromatic heterocycles. The quantitative estimate of drug-likeness (QED) is 0.590. The molecule has 0 aliphatic carbocycles. The van der Waals surface area contributed by atoms with Crippen LogP contribution in [0.2, 0.25) is 0 Å². The number of amides is 1. The van der Waals surface area contributed by atoms with Gasteiger partial charge in [-0.3, -0.25) is 19.7 Å². The maximum Gasteiger partial charge on any atom is 0.253 e. The summed E-state index contributed by atoms with van der Waals surface area (Å²) in [7, 11) is -3.37. The lowest BCUT2D eigenvalue weighted by Crippen LogP contribution is -2.31. The third kappa shape index (κ3) is 5.57. The van der Waals surface area contributed by atoms with Gasteiger partial charge in [0.25, 0.3) is 5.91 Å². The average Bonchev–Trinajstić information content (AvgIpc) is 3.24. The van der Waals surface area contributed by atoms with Crippen LogP contribution in [0.3, 0.4) is 0 Å². The Morgan fingerprint density at radius 2 is 2.15 bits per heavy atom. The Labute approximate surface area is 194 Å². The van der Waals surface area contributed by atoms with Gasteiger partial charge in [-0.1, -0.05) is 6.92 Å². The molecule has 0 unspecified atom stereocenters. The number of hydrogen-bond acceptors (Lipinski definition) is 8. The number of nitrogens with one attached hydrogen (secondary N) is 1. The largest absolute Gasteiger partial charge is 0.394 e. The van der Waals surface area contributed by atoms with Gasteiger partial charge in [-0.15, -0.1) is 0 Å². The number of pyridine rings is 2. The zero-order valence-electron chi connectivity index (χ0n) is 18.7. The molecule has 2 atom stereocenters. The Morgan fingerprint density at radius 1 is 1.30 bits per heavy atom. The number of aliphatic hydroxyl groups is 1. The van der Waals surface area contributed by atoms with E-state index >= 15 is 0 Å². The lowest BCUT2D eigenvalue weighted by Gasteiger charge is -2.26. The van der Waals surface area contributed by atoms with Crippen LogP contribution in [0.15, 0.2) is 35.5 Å². The molecule has 178 valence electrons. The van der Waals surface area contributed by atoms with E-state index in [1.807, 2.05) is 6.07 Å². The summed E-state index contributed by atoms with van der Waals surface area (Å²) in [6, 6.07) is 4.05. The second-order valence-corrected chi connectivity index (χ2v) is 10.9. The monoisotopic (exact) mass is 474 g/mol. The van der Waals surface area contributed by atoms with Crippen molar-refractivity contribution < 1.29 is 23.1 Å². The lowest BCUT2D eigenvalue weighted by molar-refractivity contribution is 0.0378. The number of sulfone groups is 1. The van der Waals surface area contributed by atoms with Gasteiger partial charge in [0, 0.05) is 38.6 Å². The fourth-order valence-electron chi connectivity index (χ4n) is 4.30. The van der Waals surface area contributed by atoms with Crippen LogP contribution in [0.25, 0.3) is 0 Å². The molecule has 2 aliphatic rings. The molecule has 0 radical (unpaired) electrons. The Bertz CT molecular complexity index is 1080. The number of fused-ring (bicyclic) bond motifs is 1. The molecular formula is C23H30N4O5S. The Hall–Kier alpha value is -2.40. The number of ether oxygens (including phenoxy) is 1. The van der Waals surface area contributed by atoms with Crippen LogP contribution in [0, 0.1) is 5.92 Å². The summed E-state index contributed by atoms with van der Waals surface area (Å²) in [4.78, 5) is 23.9. The SMILES string of the molecule is CCS(=O)(=O)c1ccc([C@H](CO)NC(=O)c2cnc3c(c2)CN(C[C@H]2CCCOC2)C3)nc1. The summed E-state index contributed by atoms with van der Waals surface area (Å²) in [5, 5.41) is 12.6. The number of nitrogens with zero attached hydrogens (tertiary/aromatic N) is 3.